The highest BCUT2D eigenvalue weighted by Crippen LogP contribution is 2.21. The summed E-state index contributed by atoms with van der Waals surface area (Å²) in [5.74, 6) is -0.00187. The summed E-state index contributed by atoms with van der Waals surface area (Å²) in [4.78, 5) is 13.7. The molecule has 0 aliphatic carbocycles. The van der Waals surface area contributed by atoms with Crippen molar-refractivity contribution < 1.29 is 4.79 Å². The molecule has 0 heterocycles. The van der Waals surface area contributed by atoms with E-state index in [4.69, 9.17) is 17.3 Å². The Morgan fingerprint density at radius 1 is 1.47 bits per heavy atom. The van der Waals surface area contributed by atoms with Crippen molar-refractivity contribution in [1.29, 1.82) is 0 Å². The molecule has 1 amide bonds. The molecule has 1 atom stereocenters. The van der Waals surface area contributed by atoms with Gasteiger partial charge in [-0.15, -0.1) is 0 Å². The predicted molar refractivity (Wildman–Crippen MR) is 79.2 cm³/mol. The molecule has 0 bridgehead atoms. The van der Waals surface area contributed by atoms with E-state index in [0.29, 0.717) is 18.1 Å². The fourth-order valence-corrected chi connectivity index (χ4v) is 2.19. The first-order valence-corrected chi connectivity index (χ1v) is 6.77. The summed E-state index contributed by atoms with van der Waals surface area (Å²) in [5.41, 5.74) is 6.84. The topological polar surface area (TPSA) is 58.4 Å². The minimum atomic E-state index is -0.0170. The van der Waals surface area contributed by atoms with Crippen molar-refractivity contribution in [3.05, 3.63) is 34.9 Å². The van der Waals surface area contributed by atoms with Gasteiger partial charge in [-0.2, -0.15) is 0 Å². The SMILES string of the molecule is CC(C)NC(=O)CN(C)C(CN)c1cccc(Cl)c1. The fraction of sp³-hybridized carbons (Fsp3) is 0.500. The molecule has 0 aromatic heterocycles. The Morgan fingerprint density at radius 3 is 2.68 bits per heavy atom. The normalized spacial score (nSPS) is 12.8. The second-order valence-electron chi connectivity index (χ2n) is 4.94. The summed E-state index contributed by atoms with van der Waals surface area (Å²) in [5, 5.41) is 3.54. The van der Waals surface area contributed by atoms with Gasteiger partial charge in [-0.25, -0.2) is 0 Å². The second kappa shape index (κ2) is 7.48. The first-order valence-electron chi connectivity index (χ1n) is 6.39. The summed E-state index contributed by atoms with van der Waals surface area (Å²) >= 11 is 5.99. The van der Waals surface area contributed by atoms with Gasteiger partial charge in [0.05, 0.1) is 6.54 Å². The van der Waals surface area contributed by atoms with Crippen molar-refractivity contribution in [1.82, 2.24) is 10.2 Å². The highest BCUT2D eigenvalue weighted by atomic mass is 35.5. The molecule has 5 heteroatoms. The van der Waals surface area contributed by atoms with Gasteiger partial charge in [0.1, 0.15) is 0 Å². The molecule has 1 aromatic rings. The number of amides is 1. The molecule has 0 radical (unpaired) electrons. The van der Waals surface area contributed by atoms with E-state index in [9.17, 15) is 4.79 Å². The number of carbonyl (C=O) groups is 1. The van der Waals surface area contributed by atoms with Gasteiger partial charge in [-0.1, -0.05) is 23.7 Å². The highest BCUT2D eigenvalue weighted by molar-refractivity contribution is 6.30. The van der Waals surface area contributed by atoms with Crippen LogP contribution in [-0.4, -0.2) is 37.0 Å². The Balaban J connectivity index is 2.71. The van der Waals surface area contributed by atoms with Crippen molar-refractivity contribution in [3.8, 4) is 0 Å². The Hall–Kier alpha value is -1.10. The minimum absolute atomic E-state index is 0.00187. The lowest BCUT2D eigenvalue weighted by atomic mass is 10.1. The largest absolute Gasteiger partial charge is 0.353 e. The molecule has 3 N–H and O–H groups in total. The number of nitrogens with one attached hydrogen (secondary N) is 1. The van der Waals surface area contributed by atoms with E-state index in [0.717, 1.165) is 5.56 Å². The molecule has 0 aliphatic rings. The van der Waals surface area contributed by atoms with Crippen LogP contribution in [0.3, 0.4) is 0 Å². The number of carbonyl (C=O) groups excluding carboxylic acids is 1. The highest BCUT2D eigenvalue weighted by Gasteiger charge is 2.18. The zero-order chi connectivity index (χ0) is 14.4. The monoisotopic (exact) mass is 283 g/mol. The van der Waals surface area contributed by atoms with E-state index in [1.807, 2.05) is 50.1 Å². The summed E-state index contributed by atoms with van der Waals surface area (Å²) in [6.07, 6.45) is 0. The quantitative estimate of drug-likeness (QED) is 0.837. The molecule has 4 nitrogen and oxygen atoms in total. The number of hydrogen-bond donors (Lipinski definition) is 2. The summed E-state index contributed by atoms with van der Waals surface area (Å²) < 4.78 is 0. The van der Waals surface area contributed by atoms with Crippen LogP contribution in [0.25, 0.3) is 0 Å². The van der Waals surface area contributed by atoms with Crippen LogP contribution in [-0.2, 0) is 4.79 Å². The lowest BCUT2D eigenvalue weighted by molar-refractivity contribution is -0.122. The summed E-state index contributed by atoms with van der Waals surface area (Å²) in [6.45, 7) is 4.63. The molecule has 106 valence electrons. The van der Waals surface area contributed by atoms with Crippen LogP contribution in [0, 0.1) is 0 Å². The van der Waals surface area contributed by atoms with Gasteiger partial charge in [-0.3, -0.25) is 9.69 Å². The van der Waals surface area contributed by atoms with Gasteiger partial charge in [0.2, 0.25) is 5.91 Å². The summed E-state index contributed by atoms with van der Waals surface area (Å²) in [6, 6.07) is 7.70. The maximum absolute atomic E-state index is 11.8. The Bertz CT molecular complexity index is 423. The molecular formula is C14H22ClN3O. The zero-order valence-corrected chi connectivity index (χ0v) is 12.4. The molecule has 1 unspecified atom stereocenters. The van der Waals surface area contributed by atoms with Gasteiger partial charge in [0.15, 0.2) is 0 Å². The van der Waals surface area contributed by atoms with Gasteiger partial charge >= 0.3 is 0 Å². The predicted octanol–water partition coefficient (Wildman–Crippen LogP) is 1.80. The molecular weight excluding hydrogens is 262 g/mol. The first-order chi connectivity index (χ1) is 8.93. The maximum Gasteiger partial charge on any atom is 0.234 e. The van der Waals surface area contributed by atoms with Gasteiger partial charge in [-0.05, 0) is 38.6 Å². The van der Waals surface area contributed by atoms with E-state index in [1.54, 1.807) is 0 Å². The van der Waals surface area contributed by atoms with E-state index in [-0.39, 0.29) is 18.0 Å². The van der Waals surface area contributed by atoms with Crippen molar-refractivity contribution in [2.45, 2.75) is 25.9 Å². The fourth-order valence-electron chi connectivity index (χ4n) is 1.99. The number of likely N-dealkylation sites (N-methyl/N-ethyl adjacent to an activating group) is 1. The van der Waals surface area contributed by atoms with E-state index in [2.05, 4.69) is 5.32 Å². The number of rotatable bonds is 6. The average molecular weight is 284 g/mol. The van der Waals surface area contributed by atoms with Crippen molar-refractivity contribution in [2.24, 2.45) is 5.73 Å². The van der Waals surface area contributed by atoms with Crippen molar-refractivity contribution >= 4 is 17.5 Å². The van der Waals surface area contributed by atoms with E-state index in [1.165, 1.54) is 0 Å². The second-order valence-corrected chi connectivity index (χ2v) is 5.38. The van der Waals surface area contributed by atoms with Crippen LogP contribution in [0.5, 0.6) is 0 Å². The standard InChI is InChI=1S/C14H22ClN3O/c1-10(2)17-14(19)9-18(3)13(8-16)11-5-4-6-12(15)7-11/h4-7,10,13H,8-9,16H2,1-3H3,(H,17,19). The minimum Gasteiger partial charge on any atom is -0.353 e. The third-order valence-corrected chi connectivity index (χ3v) is 3.07. The van der Waals surface area contributed by atoms with E-state index < -0.39 is 0 Å². The number of nitrogens with zero attached hydrogens (tertiary/aromatic N) is 1. The number of benzene rings is 1. The molecule has 1 aromatic carbocycles. The molecule has 0 fully saturated rings. The van der Waals surface area contributed by atoms with Crippen LogP contribution in [0.2, 0.25) is 5.02 Å². The van der Waals surface area contributed by atoms with E-state index >= 15 is 0 Å². The van der Waals surface area contributed by atoms with Crippen LogP contribution >= 0.6 is 11.6 Å². The first kappa shape index (κ1) is 16.0. The molecule has 0 saturated heterocycles. The Labute approximate surface area is 119 Å². The van der Waals surface area contributed by atoms with Gasteiger partial charge in [0, 0.05) is 23.7 Å². The third kappa shape index (κ3) is 5.19. The average Bonchev–Trinajstić information content (AvgIpc) is 2.28. The zero-order valence-electron chi connectivity index (χ0n) is 11.7. The van der Waals surface area contributed by atoms with Crippen LogP contribution < -0.4 is 11.1 Å². The van der Waals surface area contributed by atoms with Crippen LogP contribution in [0.4, 0.5) is 0 Å². The molecule has 0 aliphatic heterocycles. The molecule has 19 heavy (non-hydrogen) atoms. The lowest BCUT2D eigenvalue weighted by Crippen LogP contribution is -2.41. The number of halogens is 1. The Morgan fingerprint density at radius 2 is 2.16 bits per heavy atom. The van der Waals surface area contributed by atoms with Crippen molar-refractivity contribution in [2.75, 3.05) is 20.1 Å². The number of nitrogens with two attached hydrogens (primary N) is 1. The molecule has 1 rings (SSSR count). The summed E-state index contributed by atoms with van der Waals surface area (Å²) in [7, 11) is 1.89. The van der Waals surface area contributed by atoms with Crippen LogP contribution in [0.1, 0.15) is 25.5 Å². The van der Waals surface area contributed by atoms with Gasteiger partial charge < -0.3 is 11.1 Å². The lowest BCUT2D eigenvalue weighted by Gasteiger charge is -2.27. The number of hydrogen-bond acceptors (Lipinski definition) is 3. The van der Waals surface area contributed by atoms with Crippen LogP contribution in [0.15, 0.2) is 24.3 Å². The maximum atomic E-state index is 11.8. The van der Waals surface area contributed by atoms with Crippen molar-refractivity contribution in [3.63, 3.8) is 0 Å². The Kier molecular flexibility index (Phi) is 6.28. The smallest absolute Gasteiger partial charge is 0.234 e. The molecule has 0 spiro atoms. The third-order valence-electron chi connectivity index (χ3n) is 2.83. The molecule has 0 saturated carbocycles. The van der Waals surface area contributed by atoms with Gasteiger partial charge in [0.25, 0.3) is 0 Å².